The molecular formula is C24H21ClN2O2S. The van der Waals surface area contributed by atoms with Crippen molar-refractivity contribution in [1.29, 1.82) is 0 Å². The molecule has 1 aliphatic rings. The molecule has 0 N–H and O–H groups in total. The van der Waals surface area contributed by atoms with Crippen molar-refractivity contribution in [1.82, 2.24) is 4.98 Å². The van der Waals surface area contributed by atoms with Crippen LogP contribution in [0, 0.1) is 0 Å². The number of halogens is 1. The van der Waals surface area contributed by atoms with Crippen LogP contribution >= 0.6 is 23.4 Å². The van der Waals surface area contributed by atoms with E-state index in [1.807, 2.05) is 54.4 Å². The van der Waals surface area contributed by atoms with Crippen molar-refractivity contribution >= 4 is 40.5 Å². The number of carbonyl (C=O) groups excluding carboxylic acids is 1. The van der Waals surface area contributed by atoms with Crippen molar-refractivity contribution in [2.24, 2.45) is 0 Å². The number of rotatable bonds is 6. The first-order chi connectivity index (χ1) is 14.4. The molecule has 0 aliphatic carbocycles. The number of aromatic nitrogens is 1. The Morgan fingerprint density at radius 2 is 1.77 bits per heavy atom. The molecule has 30 heavy (non-hydrogen) atoms. The second-order valence-corrected chi connectivity index (χ2v) is 9.03. The van der Waals surface area contributed by atoms with Crippen molar-refractivity contribution in [3.8, 4) is 5.75 Å². The second kappa shape index (κ2) is 8.54. The summed E-state index contributed by atoms with van der Waals surface area (Å²) in [5.41, 5.74) is 2.85. The van der Waals surface area contributed by atoms with Crippen LogP contribution in [-0.4, -0.2) is 22.7 Å². The Morgan fingerprint density at radius 3 is 2.37 bits per heavy atom. The molecule has 0 saturated heterocycles. The van der Waals surface area contributed by atoms with Crippen LogP contribution in [0.3, 0.4) is 0 Å². The van der Waals surface area contributed by atoms with Crippen LogP contribution in [0.1, 0.15) is 29.4 Å². The van der Waals surface area contributed by atoms with E-state index >= 15 is 0 Å². The summed E-state index contributed by atoms with van der Waals surface area (Å²) in [7, 11) is 1.94. The highest BCUT2D eigenvalue weighted by Crippen LogP contribution is 2.38. The number of pyridine rings is 1. The van der Waals surface area contributed by atoms with E-state index in [-0.39, 0.29) is 10.7 Å². The summed E-state index contributed by atoms with van der Waals surface area (Å²) in [5.74, 6) is 0.628. The molecule has 0 saturated carbocycles. The lowest BCUT2D eigenvalue weighted by Crippen LogP contribution is -2.24. The lowest BCUT2D eigenvalue weighted by Gasteiger charge is -2.24. The summed E-state index contributed by atoms with van der Waals surface area (Å²) in [6.07, 6.45) is 4.66. The zero-order valence-corrected chi connectivity index (χ0v) is 18.3. The van der Waals surface area contributed by atoms with E-state index in [0.29, 0.717) is 16.3 Å². The SMILES string of the molecule is CN(c1ccc(Cl)cc1)c1ccc(C(=O)c2ccc(OC3(C)CC=CS3)cc2)nc1. The minimum absolute atomic E-state index is 0.120. The van der Waals surface area contributed by atoms with Crippen LogP contribution in [0.2, 0.25) is 5.02 Å². The minimum Gasteiger partial charge on any atom is -0.476 e. The molecule has 3 aromatic rings. The first kappa shape index (κ1) is 20.5. The van der Waals surface area contributed by atoms with Crippen LogP contribution in [0.5, 0.6) is 5.75 Å². The summed E-state index contributed by atoms with van der Waals surface area (Å²) in [6, 6.07) is 18.4. The van der Waals surface area contributed by atoms with Crippen molar-refractivity contribution in [3.63, 3.8) is 0 Å². The molecule has 4 rings (SSSR count). The number of nitrogens with zero attached hydrogens (tertiary/aromatic N) is 2. The van der Waals surface area contributed by atoms with E-state index in [4.69, 9.17) is 16.3 Å². The highest BCUT2D eigenvalue weighted by molar-refractivity contribution is 8.03. The zero-order valence-electron chi connectivity index (χ0n) is 16.7. The molecule has 6 heteroatoms. The topological polar surface area (TPSA) is 42.4 Å². The normalized spacial score (nSPS) is 17.7. The van der Waals surface area contributed by atoms with Crippen LogP contribution in [0.4, 0.5) is 11.4 Å². The molecule has 1 aliphatic heterocycles. The Labute approximate surface area is 185 Å². The van der Waals surface area contributed by atoms with Crippen molar-refractivity contribution in [2.75, 3.05) is 11.9 Å². The Morgan fingerprint density at radius 1 is 1.07 bits per heavy atom. The van der Waals surface area contributed by atoms with Crippen molar-refractivity contribution < 1.29 is 9.53 Å². The number of hydrogen-bond acceptors (Lipinski definition) is 5. The molecule has 152 valence electrons. The molecule has 1 atom stereocenters. The molecule has 0 fully saturated rings. The fourth-order valence-electron chi connectivity index (χ4n) is 3.17. The molecule has 0 amide bonds. The molecule has 0 spiro atoms. The number of ether oxygens (including phenoxy) is 1. The number of benzene rings is 2. The van der Waals surface area contributed by atoms with E-state index in [0.717, 1.165) is 23.5 Å². The third-order valence-electron chi connectivity index (χ3n) is 4.93. The third kappa shape index (κ3) is 4.53. The highest BCUT2D eigenvalue weighted by Gasteiger charge is 2.28. The van der Waals surface area contributed by atoms with Crippen molar-refractivity contribution in [2.45, 2.75) is 18.3 Å². The fourth-order valence-corrected chi connectivity index (χ4v) is 4.12. The zero-order chi connectivity index (χ0) is 21.1. The average Bonchev–Trinajstić information content (AvgIpc) is 3.20. The largest absolute Gasteiger partial charge is 0.476 e. The van der Waals surface area contributed by atoms with Gasteiger partial charge in [-0.1, -0.05) is 29.4 Å². The number of anilines is 2. The quantitative estimate of drug-likeness (QED) is 0.413. The highest BCUT2D eigenvalue weighted by atomic mass is 35.5. The predicted octanol–water partition coefficient (Wildman–Crippen LogP) is 6.48. The van der Waals surface area contributed by atoms with Gasteiger partial charge in [0.2, 0.25) is 5.78 Å². The molecule has 1 aromatic heterocycles. The van der Waals surface area contributed by atoms with Crippen molar-refractivity contribution in [3.05, 3.63) is 94.6 Å². The number of carbonyl (C=O) groups is 1. The maximum absolute atomic E-state index is 12.8. The van der Waals surface area contributed by atoms with E-state index < -0.39 is 0 Å². The monoisotopic (exact) mass is 436 g/mol. The number of thioether (sulfide) groups is 1. The molecule has 2 aromatic carbocycles. The Bertz CT molecular complexity index is 1060. The van der Waals surface area contributed by atoms with Gasteiger partial charge in [0.25, 0.3) is 0 Å². The van der Waals surface area contributed by atoms with Gasteiger partial charge in [-0.3, -0.25) is 9.78 Å². The first-order valence-electron chi connectivity index (χ1n) is 9.55. The summed E-state index contributed by atoms with van der Waals surface area (Å²) >= 11 is 7.61. The van der Waals surface area contributed by atoms with E-state index in [1.54, 1.807) is 36.2 Å². The van der Waals surface area contributed by atoms with Gasteiger partial charge in [-0.05, 0) is 73.0 Å². The van der Waals surface area contributed by atoms with E-state index in [2.05, 4.69) is 23.4 Å². The molecule has 1 unspecified atom stereocenters. The molecule has 4 nitrogen and oxygen atoms in total. The summed E-state index contributed by atoms with van der Waals surface area (Å²) < 4.78 is 6.05. The summed E-state index contributed by atoms with van der Waals surface area (Å²) in [6.45, 7) is 2.06. The lowest BCUT2D eigenvalue weighted by molar-refractivity contribution is 0.103. The van der Waals surface area contributed by atoms with Gasteiger partial charge < -0.3 is 9.64 Å². The van der Waals surface area contributed by atoms with Crippen LogP contribution in [-0.2, 0) is 0 Å². The molecule has 0 radical (unpaired) electrons. The Balaban J connectivity index is 1.45. The summed E-state index contributed by atoms with van der Waals surface area (Å²) in [5, 5.41) is 2.74. The molecule has 2 heterocycles. The van der Waals surface area contributed by atoms with Gasteiger partial charge in [-0.15, -0.1) is 0 Å². The predicted molar refractivity (Wildman–Crippen MR) is 124 cm³/mol. The molecular weight excluding hydrogens is 416 g/mol. The van der Waals surface area contributed by atoms with Crippen LogP contribution in [0.15, 0.2) is 78.3 Å². The van der Waals surface area contributed by atoms with Gasteiger partial charge in [0.1, 0.15) is 11.4 Å². The standard InChI is InChI=1S/C24H21ClN2O2S/c1-24(14-3-15-30-24)29-21-11-4-17(5-12-21)23(28)22-13-10-20(16-26-22)27(2)19-8-6-18(25)7-9-19/h3-13,15-16H,14H2,1-2H3. The van der Waals surface area contributed by atoms with Gasteiger partial charge in [-0.2, -0.15) is 0 Å². The minimum atomic E-state index is -0.279. The molecule has 0 bridgehead atoms. The maximum atomic E-state index is 12.8. The Hall–Kier alpha value is -2.76. The lowest BCUT2D eigenvalue weighted by atomic mass is 10.1. The second-order valence-electron chi connectivity index (χ2n) is 7.22. The Kier molecular flexibility index (Phi) is 5.84. The van der Waals surface area contributed by atoms with Gasteiger partial charge >= 0.3 is 0 Å². The summed E-state index contributed by atoms with van der Waals surface area (Å²) in [4.78, 5) is 18.9. The van der Waals surface area contributed by atoms with Gasteiger partial charge in [0, 0.05) is 29.7 Å². The van der Waals surface area contributed by atoms with Gasteiger partial charge in [0.05, 0.1) is 11.9 Å². The van der Waals surface area contributed by atoms with Crippen LogP contribution < -0.4 is 9.64 Å². The van der Waals surface area contributed by atoms with E-state index in [9.17, 15) is 4.79 Å². The van der Waals surface area contributed by atoms with E-state index in [1.165, 1.54) is 0 Å². The van der Waals surface area contributed by atoms with Crippen LogP contribution in [0.25, 0.3) is 0 Å². The average molecular weight is 437 g/mol. The first-order valence-corrected chi connectivity index (χ1v) is 10.8. The van der Waals surface area contributed by atoms with Gasteiger partial charge in [-0.25, -0.2) is 0 Å². The third-order valence-corrected chi connectivity index (χ3v) is 6.26. The fraction of sp³-hybridized carbons (Fsp3) is 0.167. The van der Waals surface area contributed by atoms with Gasteiger partial charge in [0.15, 0.2) is 4.93 Å². The maximum Gasteiger partial charge on any atom is 0.211 e. The number of hydrogen-bond donors (Lipinski definition) is 0. The number of ketones is 1. The smallest absolute Gasteiger partial charge is 0.211 e.